The Balaban J connectivity index is 2.23. The maximum atomic E-state index is 11.6. The molecule has 1 aromatic heterocycles. The van der Waals surface area contributed by atoms with E-state index in [2.05, 4.69) is 4.98 Å². The Bertz CT molecular complexity index is 623. The Hall–Kier alpha value is -1.60. The number of nitrogens with zero attached hydrogens (tertiary/aromatic N) is 1. The lowest BCUT2D eigenvalue weighted by Gasteiger charge is -2.00. The third-order valence-corrected chi connectivity index (χ3v) is 3.95. The summed E-state index contributed by atoms with van der Waals surface area (Å²) >= 11 is 2.32. The van der Waals surface area contributed by atoms with Crippen LogP contribution in [0.2, 0.25) is 0 Å². The van der Waals surface area contributed by atoms with E-state index in [0.717, 1.165) is 16.7 Å². The van der Waals surface area contributed by atoms with Crippen molar-refractivity contribution in [2.24, 2.45) is 0 Å². The van der Waals surface area contributed by atoms with E-state index < -0.39 is 0 Å². The molecule has 7 heteroatoms. The zero-order chi connectivity index (χ0) is 13.8. The Kier molecular flexibility index (Phi) is 4.39. The highest BCUT2D eigenvalue weighted by molar-refractivity contribution is 7.97. The van der Waals surface area contributed by atoms with Gasteiger partial charge in [0.05, 0.1) is 22.4 Å². The first-order chi connectivity index (χ1) is 9.10. The molecule has 0 N–H and O–H groups in total. The number of esters is 1. The first kappa shape index (κ1) is 13.8. The Morgan fingerprint density at radius 3 is 2.89 bits per heavy atom. The molecule has 0 saturated carbocycles. The molecule has 19 heavy (non-hydrogen) atoms. The SMILES string of the molecule is CCOC(=O)c1ccc2sc(SOC(C)=O)nc2c1. The molecule has 0 aliphatic carbocycles. The van der Waals surface area contributed by atoms with Crippen molar-refractivity contribution in [3.05, 3.63) is 23.8 Å². The average molecular weight is 297 g/mol. The Labute approximate surface area is 118 Å². The maximum absolute atomic E-state index is 11.6. The lowest BCUT2D eigenvalue weighted by atomic mass is 10.2. The minimum atomic E-state index is -0.378. The molecule has 0 bridgehead atoms. The van der Waals surface area contributed by atoms with Gasteiger partial charge in [0, 0.05) is 6.92 Å². The second-order valence-electron chi connectivity index (χ2n) is 3.54. The molecule has 100 valence electrons. The summed E-state index contributed by atoms with van der Waals surface area (Å²) in [5.41, 5.74) is 1.15. The van der Waals surface area contributed by atoms with Crippen LogP contribution < -0.4 is 0 Å². The van der Waals surface area contributed by atoms with Crippen molar-refractivity contribution in [1.29, 1.82) is 0 Å². The summed E-state index contributed by atoms with van der Waals surface area (Å²) in [6.45, 7) is 3.42. The second kappa shape index (κ2) is 6.03. The number of ether oxygens (including phenoxy) is 1. The average Bonchev–Trinajstić information content (AvgIpc) is 2.78. The molecule has 2 aromatic rings. The van der Waals surface area contributed by atoms with Crippen molar-refractivity contribution < 1.29 is 18.5 Å². The number of fused-ring (bicyclic) bond motifs is 1. The fourth-order valence-electron chi connectivity index (χ4n) is 1.38. The van der Waals surface area contributed by atoms with E-state index >= 15 is 0 Å². The van der Waals surface area contributed by atoms with E-state index in [4.69, 9.17) is 8.92 Å². The summed E-state index contributed by atoms with van der Waals surface area (Å²) in [6.07, 6.45) is 0. The molecule has 0 saturated heterocycles. The topological polar surface area (TPSA) is 65.5 Å². The van der Waals surface area contributed by atoms with Gasteiger partial charge in [0.1, 0.15) is 12.0 Å². The van der Waals surface area contributed by atoms with E-state index in [0.29, 0.717) is 22.0 Å². The fraction of sp³-hybridized carbons (Fsp3) is 0.250. The van der Waals surface area contributed by atoms with Gasteiger partial charge in [-0.3, -0.25) is 4.79 Å². The van der Waals surface area contributed by atoms with Crippen LogP contribution in [0.1, 0.15) is 24.2 Å². The molecule has 1 aromatic carbocycles. The number of aromatic nitrogens is 1. The number of hydrogen-bond acceptors (Lipinski definition) is 7. The molecule has 0 amide bonds. The predicted octanol–water partition coefficient (Wildman–Crippen LogP) is 3.04. The molecule has 2 rings (SSSR count). The molecule has 1 heterocycles. The van der Waals surface area contributed by atoms with Crippen LogP contribution >= 0.6 is 23.4 Å². The van der Waals surface area contributed by atoms with Crippen LogP contribution in [-0.4, -0.2) is 23.5 Å². The van der Waals surface area contributed by atoms with Crippen LogP contribution in [0.15, 0.2) is 22.5 Å². The first-order valence-electron chi connectivity index (χ1n) is 5.53. The number of carbonyl (C=O) groups is 2. The van der Waals surface area contributed by atoms with Crippen LogP contribution in [0.5, 0.6) is 0 Å². The normalized spacial score (nSPS) is 10.4. The zero-order valence-corrected chi connectivity index (χ0v) is 12.0. The van der Waals surface area contributed by atoms with Gasteiger partial charge in [-0.05, 0) is 25.1 Å². The predicted molar refractivity (Wildman–Crippen MR) is 73.2 cm³/mol. The second-order valence-corrected chi connectivity index (χ2v) is 5.55. The lowest BCUT2D eigenvalue weighted by Crippen LogP contribution is -2.03. The van der Waals surface area contributed by atoms with E-state index in [1.54, 1.807) is 25.1 Å². The van der Waals surface area contributed by atoms with Crippen molar-refractivity contribution in [3.8, 4) is 0 Å². The molecule has 0 atom stereocenters. The number of benzene rings is 1. The summed E-state index contributed by atoms with van der Waals surface area (Å²) in [4.78, 5) is 26.6. The van der Waals surface area contributed by atoms with Crippen molar-refractivity contribution in [1.82, 2.24) is 4.98 Å². The van der Waals surface area contributed by atoms with Gasteiger partial charge < -0.3 is 8.92 Å². The summed E-state index contributed by atoms with van der Waals surface area (Å²) in [5, 5.41) is 0. The molecule has 5 nitrogen and oxygen atoms in total. The number of hydrogen-bond donors (Lipinski definition) is 0. The number of rotatable bonds is 4. The molecule has 0 aliphatic rings. The monoisotopic (exact) mass is 297 g/mol. The standard InChI is InChI=1S/C12H11NO4S2/c1-3-16-11(15)8-4-5-10-9(6-8)13-12(18-10)19-17-7(2)14/h4-6H,3H2,1-2H3. The number of thiazole rings is 1. The molecule has 0 spiro atoms. The van der Waals surface area contributed by atoms with Crippen molar-refractivity contribution in [3.63, 3.8) is 0 Å². The van der Waals surface area contributed by atoms with Gasteiger partial charge >= 0.3 is 11.9 Å². The minimum Gasteiger partial charge on any atom is -0.462 e. The number of carbonyl (C=O) groups excluding carboxylic acids is 2. The minimum absolute atomic E-state index is 0.335. The highest BCUT2D eigenvalue weighted by atomic mass is 32.2. The van der Waals surface area contributed by atoms with E-state index in [-0.39, 0.29) is 11.9 Å². The van der Waals surface area contributed by atoms with Crippen LogP contribution in [0.25, 0.3) is 10.2 Å². The van der Waals surface area contributed by atoms with Gasteiger partial charge in [-0.25, -0.2) is 9.78 Å². The van der Waals surface area contributed by atoms with Crippen LogP contribution in [0.4, 0.5) is 0 Å². The van der Waals surface area contributed by atoms with Gasteiger partial charge in [-0.15, -0.1) is 11.3 Å². The summed E-state index contributed by atoms with van der Waals surface area (Å²) < 4.78 is 11.3. The summed E-state index contributed by atoms with van der Waals surface area (Å²) in [6, 6.07) is 5.16. The van der Waals surface area contributed by atoms with E-state index in [1.807, 2.05) is 0 Å². The van der Waals surface area contributed by atoms with Gasteiger partial charge in [0.2, 0.25) is 0 Å². The van der Waals surface area contributed by atoms with Crippen LogP contribution in [-0.2, 0) is 13.7 Å². The quantitative estimate of drug-likeness (QED) is 0.638. The third-order valence-electron chi connectivity index (χ3n) is 2.11. The third kappa shape index (κ3) is 3.45. The molecule has 0 unspecified atom stereocenters. The first-order valence-corrected chi connectivity index (χ1v) is 7.08. The van der Waals surface area contributed by atoms with Gasteiger partial charge in [-0.1, -0.05) is 0 Å². The highest BCUT2D eigenvalue weighted by Crippen LogP contribution is 2.30. The molecule has 0 fully saturated rings. The molecular formula is C12H11NO4S2. The smallest absolute Gasteiger partial charge is 0.338 e. The summed E-state index contributed by atoms with van der Waals surface area (Å²) in [7, 11) is 0. The van der Waals surface area contributed by atoms with E-state index in [9.17, 15) is 9.59 Å². The highest BCUT2D eigenvalue weighted by Gasteiger charge is 2.11. The zero-order valence-electron chi connectivity index (χ0n) is 10.3. The maximum Gasteiger partial charge on any atom is 0.338 e. The Morgan fingerprint density at radius 1 is 1.42 bits per heavy atom. The molecular weight excluding hydrogens is 286 g/mol. The van der Waals surface area contributed by atoms with Crippen molar-refractivity contribution in [2.45, 2.75) is 18.2 Å². The lowest BCUT2D eigenvalue weighted by molar-refractivity contribution is -0.130. The van der Waals surface area contributed by atoms with Gasteiger partial charge in [-0.2, -0.15) is 0 Å². The van der Waals surface area contributed by atoms with Gasteiger partial charge in [0.15, 0.2) is 4.34 Å². The molecule has 0 radical (unpaired) electrons. The molecule has 0 aliphatic heterocycles. The largest absolute Gasteiger partial charge is 0.462 e. The van der Waals surface area contributed by atoms with Crippen molar-refractivity contribution in [2.75, 3.05) is 6.61 Å². The fourth-order valence-corrected chi connectivity index (χ4v) is 2.89. The summed E-state index contributed by atoms with van der Waals surface area (Å²) in [5.74, 6) is -0.747. The van der Waals surface area contributed by atoms with Crippen LogP contribution in [0, 0.1) is 0 Å². The van der Waals surface area contributed by atoms with E-state index in [1.165, 1.54) is 18.3 Å². The Morgan fingerprint density at radius 2 is 2.21 bits per heavy atom. The van der Waals surface area contributed by atoms with Gasteiger partial charge in [0.25, 0.3) is 0 Å². The van der Waals surface area contributed by atoms with Crippen molar-refractivity contribution >= 4 is 45.5 Å². The van der Waals surface area contributed by atoms with Crippen LogP contribution in [0.3, 0.4) is 0 Å².